The summed E-state index contributed by atoms with van der Waals surface area (Å²) in [5.41, 5.74) is 6.45. The van der Waals surface area contributed by atoms with Gasteiger partial charge in [-0.05, 0) is 36.6 Å². The molecule has 0 saturated carbocycles. The van der Waals surface area contributed by atoms with E-state index in [4.69, 9.17) is 15.7 Å². The molecular weight excluding hydrogens is 242 g/mol. The van der Waals surface area contributed by atoms with Crippen LogP contribution in [0.15, 0.2) is 24.3 Å². The van der Waals surface area contributed by atoms with E-state index in [-0.39, 0.29) is 12.5 Å². The fraction of sp³-hybridized carbons (Fsp3) is 0.429. The molecule has 0 aliphatic rings. The van der Waals surface area contributed by atoms with E-state index in [1.54, 1.807) is 24.3 Å². The smallest absolute Gasteiger partial charge is 0.241 e. The number of hydrogen-bond donors (Lipinski definition) is 2. The number of rotatable bonds is 6. The Balaban J connectivity index is 2.53. The lowest BCUT2D eigenvalue weighted by Crippen LogP contribution is -2.36. The van der Waals surface area contributed by atoms with E-state index in [0.29, 0.717) is 23.8 Å². The number of hydrogen-bond acceptors (Lipinski definition) is 4. The summed E-state index contributed by atoms with van der Waals surface area (Å²) in [6.45, 7) is 4.05. The van der Waals surface area contributed by atoms with E-state index in [2.05, 4.69) is 5.32 Å². The number of benzene rings is 1. The number of nitrogens with two attached hydrogens (primary N) is 1. The molecule has 5 nitrogen and oxygen atoms in total. The number of carbonyl (C=O) groups excluding carboxylic acids is 1. The summed E-state index contributed by atoms with van der Waals surface area (Å²) >= 11 is 0. The van der Waals surface area contributed by atoms with Crippen LogP contribution in [0, 0.1) is 17.2 Å². The van der Waals surface area contributed by atoms with Gasteiger partial charge in [-0.25, -0.2) is 0 Å². The highest BCUT2D eigenvalue weighted by Crippen LogP contribution is 2.16. The molecule has 0 spiro atoms. The second-order valence-electron chi connectivity index (χ2n) is 4.70. The number of ether oxygens (including phenoxy) is 1. The molecule has 19 heavy (non-hydrogen) atoms. The molecule has 0 unspecified atom stereocenters. The lowest BCUT2D eigenvalue weighted by molar-refractivity contribution is -0.117. The second-order valence-corrected chi connectivity index (χ2v) is 4.70. The molecule has 0 radical (unpaired) electrons. The van der Waals surface area contributed by atoms with Crippen molar-refractivity contribution in [3.05, 3.63) is 24.3 Å². The minimum absolute atomic E-state index is 0.00493. The monoisotopic (exact) mass is 261 g/mol. The lowest BCUT2D eigenvalue weighted by Gasteiger charge is -2.14. The number of nitrogens with one attached hydrogen (secondary N) is 1. The molecule has 102 valence electrons. The Bertz CT molecular complexity index is 449. The van der Waals surface area contributed by atoms with Gasteiger partial charge >= 0.3 is 0 Å². The van der Waals surface area contributed by atoms with Crippen LogP contribution in [-0.4, -0.2) is 18.6 Å². The van der Waals surface area contributed by atoms with Crippen LogP contribution >= 0.6 is 0 Å². The molecule has 5 heteroatoms. The zero-order chi connectivity index (χ0) is 14.3. The van der Waals surface area contributed by atoms with Crippen molar-refractivity contribution in [3.63, 3.8) is 0 Å². The highest BCUT2D eigenvalue weighted by Gasteiger charge is 2.14. The fourth-order valence-corrected chi connectivity index (χ4v) is 1.60. The molecule has 0 saturated heterocycles. The largest absolute Gasteiger partial charge is 0.479 e. The number of nitriles is 1. The number of carbonyl (C=O) groups is 1. The minimum Gasteiger partial charge on any atom is -0.479 e. The van der Waals surface area contributed by atoms with Gasteiger partial charge < -0.3 is 15.8 Å². The predicted molar refractivity (Wildman–Crippen MR) is 73.6 cm³/mol. The molecule has 0 aromatic heterocycles. The van der Waals surface area contributed by atoms with Crippen molar-refractivity contribution in [2.75, 3.05) is 11.9 Å². The Morgan fingerprint density at radius 3 is 2.58 bits per heavy atom. The highest BCUT2D eigenvalue weighted by molar-refractivity contribution is 5.94. The molecule has 1 atom stereocenters. The average Bonchev–Trinajstić information content (AvgIpc) is 2.37. The summed E-state index contributed by atoms with van der Waals surface area (Å²) < 4.78 is 5.12. The van der Waals surface area contributed by atoms with Crippen molar-refractivity contribution in [2.45, 2.75) is 26.3 Å². The van der Waals surface area contributed by atoms with Crippen LogP contribution in [0.25, 0.3) is 0 Å². The summed E-state index contributed by atoms with van der Waals surface area (Å²) in [5, 5.41) is 11.1. The maximum Gasteiger partial charge on any atom is 0.241 e. The number of anilines is 1. The molecule has 0 fully saturated rings. The summed E-state index contributed by atoms with van der Waals surface area (Å²) in [5.74, 6) is 0.771. The summed E-state index contributed by atoms with van der Waals surface area (Å²) in [4.78, 5) is 11.8. The van der Waals surface area contributed by atoms with Gasteiger partial charge in [-0.3, -0.25) is 4.79 Å². The van der Waals surface area contributed by atoms with Gasteiger partial charge in [0.05, 0.1) is 6.04 Å². The third-order valence-electron chi connectivity index (χ3n) is 2.49. The Morgan fingerprint density at radius 2 is 2.05 bits per heavy atom. The van der Waals surface area contributed by atoms with Crippen molar-refractivity contribution in [1.29, 1.82) is 5.26 Å². The zero-order valence-corrected chi connectivity index (χ0v) is 11.2. The molecule has 1 aromatic carbocycles. The first-order chi connectivity index (χ1) is 9.02. The molecule has 0 heterocycles. The maximum atomic E-state index is 11.8. The Morgan fingerprint density at radius 1 is 1.42 bits per heavy atom. The topological polar surface area (TPSA) is 88.1 Å². The van der Waals surface area contributed by atoms with Crippen LogP contribution in [0.2, 0.25) is 0 Å². The standard InChI is InChI=1S/C14H19N3O2/c1-10(2)9-13(16)14(18)17-11-3-5-12(6-4-11)19-8-7-15/h3-6,10,13H,8-9,16H2,1-2H3,(H,17,18)/t13-/m1/s1. The third kappa shape index (κ3) is 5.40. The molecule has 1 aromatic rings. The number of nitrogens with zero attached hydrogens (tertiary/aromatic N) is 1. The van der Waals surface area contributed by atoms with E-state index >= 15 is 0 Å². The molecule has 1 rings (SSSR count). The second kappa shape index (κ2) is 7.39. The van der Waals surface area contributed by atoms with Crippen molar-refractivity contribution in [3.8, 4) is 11.8 Å². The van der Waals surface area contributed by atoms with E-state index in [0.717, 1.165) is 0 Å². The third-order valence-corrected chi connectivity index (χ3v) is 2.49. The lowest BCUT2D eigenvalue weighted by atomic mass is 10.0. The van der Waals surface area contributed by atoms with Crippen LogP contribution in [0.3, 0.4) is 0 Å². The van der Waals surface area contributed by atoms with Crippen molar-refractivity contribution >= 4 is 11.6 Å². The Labute approximate surface area is 113 Å². The van der Waals surface area contributed by atoms with Gasteiger partial charge in [0.2, 0.25) is 5.91 Å². The van der Waals surface area contributed by atoms with Gasteiger partial charge in [0.15, 0.2) is 6.61 Å². The number of amides is 1. The van der Waals surface area contributed by atoms with Gasteiger partial charge in [0, 0.05) is 5.69 Å². The molecular formula is C14H19N3O2. The van der Waals surface area contributed by atoms with Crippen LogP contribution in [0.4, 0.5) is 5.69 Å². The van der Waals surface area contributed by atoms with Gasteiger partial charge in [-0.15, -0.1) is 0 Å². The summed E-state index contributed by atoms with van der Waals surface area (Å²) in [7, 11) is 0. The van der Waals surface area contributed by atoms with Crippen molar-refractivity contribution in [1.82, 2.24) is 0 Å². The van der Waals surface area contributed by atoms with Crippen LogP contribution in [0.5, 0.6) is 5.75 Å². The summed E-state index contributed by atoms with van der Waals surface area (Å²) in [6, 6.07) is 8.20. The maximum absolute atomic E-state index is 11.8. The van der Waals surface area contributed by atoms with Crippen LogP contribution < -0.4 is 15.8 Å². The van der Waals surface area contributed by atoms with E-state index in [1.165, 1.54) is 0 Å². The molecule has 0 aliphatic carbocycles. The first-order valence-electron chi connectivity index (χ1n) is 6.19. The van der Waals surface area contributed by atoms with Crippen LogP contribution in [-0.2, 0) is 4.79 Å². The van der Waals surface area contributed by atoms with Crippen molar-refractivity contribution < 1.29 is 9.53 Å². The quantitative estimate of drug-likeness (QED) is 0.818. The van der Waals surface area contributed by atoms with Gasteiger partial charge in [0.1, 0.15) is 11.8 Å². The summed E-state index contributed by atoms with van der Waals surface area (Å²) in [6.07, 6.45) is 0.648. The Hall–Kier alpha value is -2.06. The van der Waals surface area contributed by atoms with Crippen molar-refractivity contribution in [2.24, 2.45) is 11.7 Å². The molecule has 3 N–H and O–H groups in total. The average molecular weight is 261 g/mol. The highest BCUT2D eigenvalue weighted by atomic mass is 16.5. The van der Waals surface area contributed by atoms with Gasteiger partial charge in [0.25, 0.3) is 0 Å². The first kappa shape index (κ1) is 15.0. The van der Waals surface area contributed by atoms with E-state index < -0.39 is 6.04 Å². The van der Waals surface area contributed by atoms with E-state index in [9.17, 15) is 4.79 Å². The van der Waals surface area contributed by atoms with Gasteiger partial charge in [-0.1, -0.05) is 13.8 Å². The zero-order valence-electron chi connectivity index (χ0n) is 11.2. The SMILES string of the molecule is CC(C)C[C@@H](N)C(=O)Nc1ccc(OCC#N)cc1. The van der Waals surface area contributed by atoms with E-state index in [1.807, 2.05) is 19.9 Å². The molecule has 0 aliphatic heterocycles. The van der Waals surface area contributed by atoms with Crippen LogP contribution in [0.1, 0.15) is 20.3 Å². The Kier molecular flexibility index (Phi) is 5.83. The normalized spacial score (nSPS) is 11.7. The predicted octanol–water partition coefficient (Wildman–Crippen LogP) is 1.90. The fourth-order valence-electron chi connectivity index (χ4n) is 1.60. The molecule has 1 amide bonds. The van der Waals surface area contributed by atoms with Gasteiger partial charge in [-0.2, -0.15) is 5.26 Å². The minimum atomic E-state index is -0.505. The first-order valence-corrected chi connectivity index (χ1v) is 6.19. The molecule has 0 bridgehead atoms.